The average molecular weight is 332 g/mol. The number of aryl methyl sites for hydroxylation is 1. The Morgan fingerprint density at radius 2 is 2.13 bits per heavy atom. The Morgan fingerprint density at radius 1 is 1.43 bits per heavy atom. The van der Waals surface area contributed by atoms with E-state index in [2.05, 4.69) is 15.3 Å². The minimum Gasteiger partial charge on any atom is -0.392 e. The van der Waals surface area contributed by atoms with Gasteiger partial charge in [0.1, 0.15) is 11.5 Å². The number of nitrogens with one attached hydrogen (secondary N) is 1. The van der Waals surface area contributed by atoms with E-state index in [0.717, 1.165) is 6.07 Å². The monoisotopic (exact) mass is 332 g/mol. The summed E-state index contributed by atoms with van der Waals surface area (Å²) in [5, 5.41) is 12.1. The first kappa shape index (κ1) is 17.6. The highest BCUT2D eigenvalue weighted by Crippen LogP contribution is 2.28. The molecule has 1 aromatic heterocycles. The van der Waals surface area contributed by atoms with E-state index in [4.69, 9.17) is 5.73 Å². The summed E-state index contributed by atoms with van der Waals surface area (Å²) in [6, 6.07) is 0.388. The molecule has 0 aliphatic heterocycles. The molecule has 0 bridgehead atoms. The van der Waals surface area contributed by atoms with Crippen molar-refractivity contribution in [1.29, 1.82) is 0 Å². The van der Waals surface area contributed by atoms with Crippen LogP contribution in [-0.4, -0.2) is 33.1 Å². The lowest BCUT2D eigenvalue weighted by molar-refractivity contribution is -0.141. The molecule has 0 spiro atoms. The smallest absolute Gasteiger partial charge is 0.392 e. The molecular weight excluding hydrogens is 313 g/mol. The molecule has 0 radical (unpaired) electrons. The van der Waals surface area contributed by atoms with Gasteiger partial charge in [0.2, 0.25) is 5.91 Å². The highest BCUT2D eigenvalue weighted by atomic mass is 19.4. The Hall–Kier alpha value is -1.74. The topological polar surface area (TPSA) is 101 Å². The van der Waals surface area contributed by atoms with Crippen LogP contribution < -0.4 is 11.1 Å². The fourth-order valence-electron chi connectivity index (χ4n) is 2.59. The van der Waals surface area contributed by atoms with Crippen LogP contribution in [0.2, 0.25) is 0 Å². The number of halogens is 3. The van der Waals surface area contributed by atoms with Gasteiger partial charge in [0, 0.05) is 17.7 Å². The summed E-state index contributed by atoms with van der Waals surface area (Å²) in [7, 11) is 0. The molecule has 0 saturated heterocycles. The molecule has 1 fully saturated rings. The molecule has 9 heteroatoms. The Morgan fingerprint density at radius 3 is 2.74 bits per heavy atom. The van der Waals surface area contributed by atoms with E-state index in [-0.39, 0.29) is 29.9 Å². The van der Waals surface area contributed by atoms with Crippen LogP contribution >= 0.6 is 0 Å². The molecule has 1 aliphatic rings. The Bertz CT molecular complexity index is 580. The number of rotatable bonds is 3. The van der Waals surface area contributed by atoms with Crippen molar-refractivity contribution < 1.29 is 23.1 Å². The van der Waals surface area contributed by atoms with Gasteiger partial charge < -0.3 is 16.2 Å². The van der Waals surface area contributed by atoms with Gasteiger partial charge >= 0.3 is 6.18 Å². The molecule has 1 aliphatic carbocycles. The summed E-state index contributed by atoms with van der Waals surface area (Å²) < 4.78 is 38.1. The third kappa shape index (κ3) is 4.61. The van der Waals surface area contributed by atoms with Crippen LogP contribution in [0.15, 0.2) is 6.07 Å². The number of carbonyl (C=O) groups excluding carboxylic acids is 1. The molecule has 1 heterocycles. The van der Waals surface area contributed by atoms with E-state index >= 15 is 0 Å². The number of aromatic nitrogens is 2. The van der Waals surface area contributed by atoms with Crippen molar-refractivity contribution in [2.75, 3.05) is 0 Å². The Labute approximate surface area is 131 Å². The van der Waals surface area contributed by atoms with Crippen LogP contribution in [0, 0.1) is 12.8 Å². The second-order valence-electron chi connectivity index (χ2n) is 5.77. The third-order valence-electron chi connectivity index (χ3n) is 3.84. The zero-order valence-electron chi connectivity index (χ0n) is 12.6. The number of carbonyl (C=O) groups is 1. The lowest BCUT2D eigenvalue weighted by Gasteiger charge is -2.29. The average Bonchev–Trinajstić information content (AvgIpc) is 2.46. The van der Waals surface area contributed by atoms with E-state index in [1.54, 1.807) is 0 Å². The van der Waals surface area contributed by atoms with E-state index in [0.29, 0.717) is 19.3 Å². The third-order valence-corrected chi connectivity index (χ3v) is 3.84. The molecule has 0 unspecified atom stereocenters. The zero-order valence-corrected chi connectivity index (χ0v) is 12.6. The molecule has 23 heavy (non-hydrogen) atoms. The summed E-state index contributed by atoms with van der Waals surface area (Å²) in [6.45, 7) is 1.25. The standard InChI is InChI=1S/C14H19F3N4O2/c1-7-4-11(14(15,16)17)21-12(20-7)6-19-13(23)8-2-3-10(22)9(18)5-8/h4,8-10,22H,2-3,5-6,18H2,1H3,(H,19,23)/t8-,9+,10+/m0/s1. The van der Waals surface area contributed by atoms with Gasteiger partial charge in [-0.05, 0) is 32.3 Å². The lowest BCUT2D eigenvalue weighted by Crippen LogP contribution is -2.44. The summed E-state index contributed by atoms with van der Waals surface area (Å²) in [5.74, 6) is -0.767. The molecular formula is C14H19F3N4O2. The molecule has 1 aromatic rings. The number of hydrogen-bond donors (Lipinski definition) is 3. The maximum absolute atomic E-state index is 12.7. The predicted octanol–water partition coefficient (Wildman–Crippen LogP) is 0.908. The highest BCUT2D eigenvalue weighted by molar-refractivity contribution is 5.78. The number of nitrogens with zero attached hydrogens (tertiary/aromatic N) is 2. The van der Waals surface area contributed by atoms with Gasteiger partial charge in [-0.2, -0.15) is 13.2 Å². The Kier molecular flexibility index (Phi) is 5.20. The second-order valence-corrected chi connectivity index (χ2v) is 5.77. The van der Waals surface area contributed by atoms with Crippen molar-refractivity contribution in [3.05, 3.63) is 23.3 Å². The van der Waals surface area contributed by atoms with Crippen LogP contribution in [0.5, 0.6) is 0 Å². The molecule has 1 saturated carbocycles. The number of amides is 1. The molecule has 128 valence electrons. The van der Waals surface area contributed by atoms with E-state index < -0.39 is 24.0 Å². The van der Waals surface area contributed by atoms with E-state index in [1.165, 1.54) is 6.92 Å². The van der Waals surface area contributed by atoms with Gasteiger partial charge in [-0.25, -0.2) is 9.97 Å². The molecule has 4 N–H and O–H groups in total. The number of hydrogen-bond acceptors (Lipinski definition) is 5. The molecule has 2 rings (SSSR count). The van der Waals surface area contributed by atoms with Gasteiger partial charge in [0.25, 0.3) is 0 Å². The van der Waals surface area contributed by atoms with Crippen molar-refractivity contribution in [2.24, 2.45) is 11.7 Å². The first-order chi connectivity index (χ1) is 10.7. The van der Waals surface area contributed by atoms with Crippen molar-refractivity contribution in [2.45, 2.75) is 51.1 Å². The largest absolute Gasteiger partial charge is 0.433 e. The Balaban J connectivity index is 1.98. The lowest BCUT2D eigenvalue weighted by atomic mass is 9.84. The number of alkyl halides is 3. The molecule has 6 nitrogen and oxygen atoms in total. The van der Waals surface area contributed by atoms with Crippen LogP contribution in [0.25, 0.3) is 0 Å². The van der Waals surface area contributed by atoms with Crippen LogP contribution in [-0.2, 0) is 17.5 Å². The fourth-order valence-corrected chi connectivity index (χ4v) is 2.59. The highest BCUT2D eigenvalue weighted by Gasteiger charge is 2.34. The first-order valence-corrected chi connectivity index (χ1v) is 7.30. The zero-order chi connectivity index (χ0) is 17.2. The minimum absolute atomic E-state index is 0.0918. The number of aliphatic hydroxyl groups excluding tert-OH is 1. The van der Waals surface area contributed by atoms with Gasteiger partial charge in [-0.3, -0.25) is 4.79 Å². The summed E-state index contributed by atoms with van der Waals surface area (Å²) in [5.41, 5.74) is 4.87. The van der Waals surface area contributed by atoms with Crippen molar-refractivity contribution in [3.63, 3.8) is 0 Å². The maximum Gasteiger partial charge on any atom is 0.433 e. The van der Waals surface area contributed by atoms with Gasteiger partial charge in [-0.15, -0.1) is 0 Å². The van der Waals surface area contributed by atoms with Crippen LogP contribution in [0.3, 0.4) is 0 Å². The fraction of sp³-hybridized carbons (Fsp3) is 0.643. The van der Waals surface area contributed by atoms with E-state index in [9.17, 15) is 23.1 Å². The first-order valence-electron chi connectivity index (χ1n) is 7.30. The summed E-state index contributed by atoms with van der Waals surface area (Å²) in [4.78, 5) is 19.4. The second kappa shape index (κ2) is 6.79. The quantitative estimate of drug-likeness (QED) is 0.764. The molecule has 0 aromatic carbocycles. The van der Waals surface area contributed by atoms with Crippen LogP contribution in [0.1, 0.15) is 36.5 Å². The number of nitrogens with two attached hydrogens (primary N) is 1. The van der Waals surface area contributed by atoms with Crippen LogP contribution in [0.4, 0.5) is 13.2 Å². The molecule has 1 amide bonds. The van der Waals surface area contributed by atoms with Gasteiger partial charge in [0.15, 0.2) is 0 Å². The minimum atomic E-state index is -4.56. The van der Waals surface area contributed by atoms with Gasteiger partial charge in [0.05, 0.1) is 12.6 Å². The molecule has 3 atom stereocenters. The number of aliphatic hydroxyl groups is 1. The van der Waals surface area contributed by atoms with Crippen molar-refractivity contribution in [3.8, 4) is 0 Å². The SMILES string of the molecule is Cc1cc(C(F)(F)F)nc(CNC(=O)[C@H]2CC[C@@H](O)[C@H](N)C2)n1. The predicted molar refractivity (Wildman–Crippen MR) is 74.9 cm³/mol. The van der Waals surface area contributed by atoms with Crippen molar-refractivity contribution >= 4 is 5.91 Å². The normalized spacial score (nSPS) is 25.2. The maximum atomic E-state index is 12.7. The van der Waals surface area contributed by atoms with Crippen molar-refractivity contribution in [1.82, 2.24) is 15.3 Å². The van der Waals surface area contributed by atoms with E-state index in [1.807, 2.05) is 0 Å². The summed E-state index contributed by atoms with van der Waals surface area (Å²) in [6.07, 6.45) is -3.91. The van der Waals surface area contributed by atoms with Gasteiger partial charge in [-0.1, -0.05) is 0 Å². The summed E-state index contributed by atoms with van der Waals surface area (Å²) >= 11 is 0.